The minimum Gasteiger partial charge on any atom is -0.396 e. The van der Waals surface area contributed by atoms with Crippen molar-refractivity contribution in [2.45, 2.75) is 25.2 Å². The molecule has 0 aliphatic heterocycles. The Morgan fingerprint density at radius 2 is 2.11 bits per heavy atom. The molecule has 0 spiro atoms. The van der Waals surface area contributed by atoms with Gasteiger partial charge < -0.3 is 5.73 Å². The molecule has 4 nitrogen and oxygen atoms in total. The van der Waals surface area contributed by atoms with Crippen LogP contribution in [0.1, 0.15) is 20.3 Å². The molecule has 0 heterocycles. The maximum Gasteiger partial charge on any atom is 0.243 e. The summed E-state index contributed by atoms with van der Waals surface area (Å²) in [4.78, 5) is -0.518. The van der Waals surface area contributed by atoms with Crippen LogP contribution in [0.25, 0.3) is 0 Å². The van der Waals surface area contributed by atoms with Crippen molar-refractivity contribution < 1.29 is 12.8 Å². The first kappa shape index (κ1) is 15.2. The second-order valence-corrected chi connectivity index (χ2v) is 6.34. The van der Waals surface area contributed by atoms with Gasteiger partial charge in [0.2, 0.25) is 10.0 Å². The molecule has 0 fully saturated rings. The van der Waals surface area contributed by atoms with Crippen LogP contribution in [0.4, 0.5) is 10.1 Å². The van der Waals surface area contributed by atoms with Crippen LogP contribution in [0, 0.1) is 11.7 Å². The summed E-state index contributed by atoms with van der Waals surface area (Å²) in [6, 6.07) is 2.22. The van der Waals surface area contributed by atoms with Gasteiger partial charge in [0.1, 0.15) is 4.90 Å². The number of nitrogens with two attached hydrogens (primary N) is 1. The standard InChI is InChI=1S/C11H16ClFN2O2S/c1-3-7(2)6-15-18(16,17)10-5-8(12)4-9(14)11(10)13/h4-5,7,15H,3,6,14H2,1-2H3. The average Bonchev–Trinajstić information content (AvgIpc) is 2.30. The number of benzene rings is 1. The quantitative estimate of drug-likeness (QED) is 0.819. The molecular formula is C11H16ClFN2O2S. The second kappa shape index (κ2) is 5.86. The zero-order valence-corrected chi connectivity index (χ0v) is 11.8. The lowest BCUT2D eigenvalue weighted by atomic mass is 10.1. The molecule has 102 valence electrons. The van der Waals surface area contributed by atoms with Crippen molar-refractivity contribution in [3.05, 3.63) is 23.0 Å². The molecular weight excluding hydrogens is 279 g/mol. The van der Waals surface area contributed by atoms with Gasteiger partial charge in [0, 0.05) is 11.6 Å². The van der Waals surface area contributed by atoms with Crippen LogP contribution in [0.15, 0.2) is 17.0 Å². The highest BCUT2D eigenvalue weighted by molar-refractivity contribution is 7.89. The Kier molecular flexibility index (Phi) is 4.95. The van der Waals surface area contributed by atoms with E-state index in [2.05, 4.69) is 4.72 Å². The second-order valence-electron chi connectivity index (χ2n) is 4.17. The number of nitrogens with one attached hydrogen (secondary N) is 1. The summed E-state index contributed by atoms with van der Waals surface area (Å²) in [5.41, 5.74) is 5.06. The van der Waals surface area contributed by atoms with Gasteiger partial charge >= 0.3 is 0 Å². The lowest BCUT2D eigenvalue weighted by molar-refractivity contribution is 0.522. The van der Waals surface area contributed by atoms with Gasteiger partial charge in [-0.1, -0.05) is 31.9 Å². The number of hydrogen-bond donors (Lipinski definition) is 2. The van der Waals surface area contributed by atoms with Gasteiger partial charge in [-0.2, -0.15) is 0 Å². The van der Waals surface area contributed by atoms with E-state index in [1.165, 1.54) is 6.07 Å². The molecule has 0 saturated carbocycles. The molecule has 1 rings (SSSR count). The van der Waals surface area contributed by atoms with E-state index in [9.17, 15) is 12.8 Å². The molecule has 0 amide bonds. The van der Waals surface area contributed by atoms with Crippen LogP contribution in [-0.2, 0) is 10.0 Å². The Hall–Kier alpha value is -0.850. The summed E-state index contributed by atoms with van der Waals surface area (Å²) >= 11 is 5.68. The van der Waals surface area contributed by atoms with E-state index in [1.807, 2.05) is 13.8 Å². The maximum absolute atomic E-state index is 13.7. The molecule has 3 N–H and O–H groups in total. The van der Waals surface area contributed by atoms with E-state index in [0.717, 1.165) is 12.5 Å². The number of halogens is 2. The molecule has 1 atom stereocenters. The van der Waals surface area contributed by atoms with E-state index in [0.29, 0.717) is 0 Å². The van der Waals surface area contributed by atoms with E-state index >= 15 is 0 Å². The van der Waals surface area contributed by atoms with Gasteiger partial charge in [-0.15, -0.1) is 0 Å². The van der Waals surface area contributed by atoms with Crippen molar-refractivity contribution in [2.75, 3.05) is 12.3 Å². The third kappa shape index (κ3) is 3.57. The van der Waals surface area contributed by atoms with Crippen molar-refractivity contribution in [3.63, 3.8) is 0 Å². The van der Waals surface area contributed by atoms with Crippen LogP contribution >= 0.6 is 11.6 Å². The Balaban J connectivity index is 3.05. The third-order valence-electron chi connectivity index (χ3n) is 2.64. The van der Waals surface area contributed by atoms with Crippen LogP contribution < -0.4 is 10.5 Å². The lowest BCUT2D eigenvalue weighted by Crippen LogP contribution is -2.29. The molecule has 0 saturated heterocycles. The van der Waals surface area contributed by atoms with E-state index in [-0.39, 0.29) is 23.2 Å². The SMILES string of the molecule is CCC(C)CNS(=O)(=O)c1cc(Cl)cc(N)c1F. The maximum atomic E-state index is 13.7. The zero-order valence-electron chi connectivity index (χ0n) is 10.2. The minimum atomic E-state index is -3.93. The summed E-state index contributed by atoms with van der Waals surface area (Å²) < 4.78 is 39.8. The van der Waals surface area contributed by atoms with Gasteiger partial charge in [0.05, 0.1) is 5.69 Å². The number of anilines is 1. The summed E-state index contributed by atoms with van der Waals surface area (Å²) in [6.07, 6.45) is 0.822. The molecule has 0 aliphatic carbocycles. The van der Waals surface area contributed by atoms with E-state index in [4.69, 9.17) is 17.3 Å². The van der Waals surface area contributed by atoms with Gasteiger partial charge in [0.25, 0.3) is 0 Å². The molecule has 18 heavy (non-hydrogen) atoms. The molecule has 1 aromatic rings. The first-order chi connectivity index (χ1) is 8.27. The van der Waals surface area contributed by atoms with Crippen LogP contribution in [-0.4, -0.2) is 15.0 Å². The van der Waals surface area contributed by atoms with Crippen molar-refractivity contribution in [2.24, 2.45) is 5.92 Å². The summed E-state index contributed by atoms with van der Waals surface area (Å²) in [5, 5.41) is 0.0813. The summed E-state index contributed by atoms with van der Waals surface area (Å²) in [6.45, 7) is 4.08. The Bertz CT molecular complexity index is 534. The highest BCUT2D eigenvalue weighted by Gasteiger charge is 2.21. The molecule has 0 bridgehead atoms. The minimum absolute atomic E-state index is 0.0813. The fourth-order valence-corrected chi connectivity index (χ4v) is 2.84. The summed E-state index contributed by atoms with van der Waals surface area (Å²) in [5.74, 6) is -0.810. The monoisotopic (exact) mass is 294 g/mol. The van der Waals surface area contributed by atoms with E-state index < -0.39 is 20.7 Å². The van der Waals surface area contributed by atoms with Crippen molar-refractivity contribution in [1.29, 1.82) is 0 Å². The van der Waals surface area contributed by atoms with Gasteiger partial charge in [-0.25, -0.2) is 17.5 Å². The predicted molar refractivity (Wildman–Crippen MR) is 70.5 cm³/mol. The lowest BCUT2D eigenvalue weighted by Gasteiger charge is -2.12. The van der Waals surface area contributed by atoms with Gasteiger partial charge in [-0.05, 0) is 18.1 Å². The molecule has 0 aromatic heterocycles. The fourth-order valence-electron chi connectivity index (χ4n) is 1.25. The van der Waals surface area contributed by atoms with Crippen molar-refractivity contribution >= 4 is 27.3 Å². The normalized spacial score (nSPS) is 13.6. The highest BCUT2D eigenvalue weighted by Crippen LogP contribution is 2.25. The predicted octanol–water partition coefficient (Wildman–Crippen LogP) is 2.39. The first-order valence-electron chi connectivity index (χ1n) is 5.52. The Morgan fingerprint density at radius 3 is 2.67 bits per heavy atom. The first-order valence-corrected chi connectivity index (χ1v) is 7.38. The molecule has 1 aromatic carbocycles. The fraction of sp³-hybridized carbons (Fsp3) is 0.455. The van der Waals surface area contributed by atoms with Gasteiger partial charge in [0.15, 0.2) is 5.82 Å². The van der Waals surface area contributed by atoms with E-state index in [1.54, 1.807) is 0 Å². The number of sulfonamides is 1. The largest absolute Gasteiger partial charge is 0.396 e. The number of hydrogen-bond acceptors (Lipinski definition) is 3. The Labute approximate surface area is 111 Å². The molecule has 0 radical (unpaired) electrons. The van der Waals surface area contributed by atoms with Crippen molar-refractivity contribution in [3.8, 4) is 0 Å². The molecule has 1 unspecified atom stereocenters. The topological polar surface area (TPSA) is 72.2 Å². The summed E-state index contributed by atoms with van der Waals surface area (Å²) in [7, 11) is -3.93. The third-order valence-corrected chi connectivity index (χ3v) is 4.28. The average molecular weight is 295 g/mol. The van der Waals surface area contributed by atoms with Crippen LogP contribution in [0.2, 0.25) is 5.02 Å². The molecule has 0 aliphatic rings. The number of rotatable bonds is 5. The van der Waals surface area contributed by atoms with Crippen LogP contribution in [0.5, 0.6) is 0 Å². The van der Waals surface area contributed by atoms with Crippen LogP contribution in [0.3, 0.4) is 0 Å². The highest BCUT2D eigenvalue weighted by atomic mass is 35.5. The molecule has 7 heteroatoms. The van der Waals surface area contributed by atoms with Gasteiger partial charge in [-0.3, -0.25) is 0 Å². The van der Waals surface area contributed by atoms with Crippen molar-refractivity contribution in [1.82, 2.24) is 4.72 Å². The zero-order chi connectivity index (χ0) is 13.9. The number of nitrogen functional groups attached to an aromatic ring is 1. The Morgan fingerprint density at radius 1 is 1.50 bits per heavy atom. The smallest absolute Gasteiger partial charge is 0.243 e.